The van der Waals surface area contributed by atoms with Crippen molar-refractivity contribution in [1.82, 2.24) is 30.1 Å². The molecule has 6 rings (SSSR count). The van der Waals surface area contributed by atoms with Crippen molar-refractivity contribution in [3.05, 3.63) is 65.5 Å². The summed E-state index contributed by atoms with van der Waals surface area (Å²) in [6, 6.07) is 11.3. The van der Waals surface area contributed by atoms with Crippen molar-refractivity contribution in [3.63, 3.8) is 0 Å². The topological polar surface area (TPSA) is 188 Å². The monoisotopic (exact) mass is 685 g/mol. The second-order valence-electron chi connectivity index (χ2n) is 13.3. The van der Waals surface area contributed by atoms with Crippen LogP contribution in [0.3, 0.4) is 0 Å². The van der Waals surface area contributed by atoms with Crippen molar-refractivity contribution in [2.75, 3.05) is 41.7 Å². The van der Waals surface area contributed by atoms with Crippen molar-refractivity contribution < 1.29 is 33.5 Å². The lowest BCUT2D eigenvalue weighted by Gasteiger charge is -2.36. The summed E-state index contributed by atoms with van der Waals surface area (Å²) >= 11 is 0. The van der Waals surface area contributed by atoms with Gasteiger partial charge in [-0.3, -0.25) is 38.9 Å². The first-order chi connectivity index (χ1) is 23.9. The first kappa shape index (κ1) is 34.1. The number of imide groups is 2. The van der Waals surface area contributed by atoms with E-state index in [2.05, 4.69) is 31.2 Å². The molecule has 262 valence electrons. The zero-order chi connectivity index (χ0) is 35.6. The summed E-state index contributed by atoms with van der Waals surface area (Å²) in [5.74, 6) is -2.49. The molecule has 0 bridgehead atoms. The maximum atomic E-state index is 13.3. The Kier molecular flexibility index (Phi) is 9.52. The molecule has 3 aliphatic rings. The van der Waals surface area contributed by atoms with Gasteiger partial charge in [-0.15, -0.1) is 5.10 Å². The van der Waals surface area contributed by atoms with Gasteiger partial charge in [-0.2, -0.15) is 0 Å². The third-order valence-electron chi connectivity index (χ3n) is 8.53. The quantitative estimate of drug-likeness (QED) is 0.281. The van der Waals surface area contributed by atoms with Crippen LogP contribution in [0.2, 0.25) is 0 Å². The van der Waals surface area contributed by atoms with Gasteiger partial charge in [-0.05, 0) is 63.6 Å². The van der Waals surface area contributed by atoms with Crippen molar-refractivity contribution >= 4 is 52.7 Å². The van der Waals surface area contributed by atoms with Crippen LogP contribution in [0, 0.1) is 0 Å². The van der Waals surface area contributed by atoms with Crippen LogP contribution in [-0.2, 0) is 32.2 Å². The minimum Gasteiger partial charge on any atom is -0.444 e. The molecule has 4 heterocycles. The fraction of sp³-hybridized carbons (Fsp3) is 0.412. The number of ether oxygens (including phenoxy) is 1. The molecule has 1 unspecified atom stereocenters. The predicted octanol–water partition coefficient (Wildman–Crippen LogP) is 2.38. The number of nitrogens with zero attached hydrogens (tertiary/aromatic N) is 6. The number of fused-ring (bicyclic) bond motifs is 1. The number of aromatic nitrogens is 3. The average molecular weight is 686 g/mol. The fourth-order valence-electron chi connectivity index (χ4n) is 6.05. The fourth-order valence-corrected chi connectivity index (χ4v) is 6.05. The van der Waals surface area contributed by atoms with Crippen LogP contribution in [0.5, 0.6) is 0 Å². The Bertz CT molecular complexity index is 1820. The summed E-state index contributed by atoms with van der Waals surface area (Å²) in [4.78, 5) is 80.2. The number of anilines is 3. The van der Waals surface area contributed by atoms with Crippen LogP contribution in [0.1, 0.15) is 66.4 Å². The number of aryl methyl sites for hydroxylation is 1. The lowest BCUT2D eigenvalue weighted by atomic mass is 10.0. The van der Waals surface area contributed by atoms with E-state index in [1.807, 2.05) is 45.0 Å². The molecule has 2 saturated heterocycles. The van der Waals surface area contributed by atoms with Gasteiger partial charge in [-0.25, -0.2) is 4.79 Å². The Morgan fingerprint density at radius 2 is 1.72 bits per heavy atom. The highest BCUT2D eigenvalue weighted by Gasteiger charge is 2.45. The van der Waals surface area contributed by atoms with Crippen LogP contribution in [-0.4, -0.2) is 98.2 Å². The van der Waals surface area contributed by atoms with Crippen LogP contribution in [0.15, 0.2) is 48.7 Å². The normalized spacial score (nSPS) is 17.8. The van der Waals surface area contributed by atoms with Crippen molar-refractivity contribution in [1.29, 1.82) is 0 Å². The predicted molar refractivity (Wildman–Crippen MR) is 180 cm³/mol. The van der Waals surface area contributed by atoms with E-state index in [0.717, 1.165) is 10.6 Å². The SMILES string of the molecule is CC(C)(C)OC(=O)N1CCN(c2ccc(NC(=O)CCn3cc(CNc4cccc5c4C(=O)N(C4CCC(=O)NC4=O)C5=O)nn3)cc2)CC1. The number of carbonyl (C=O) groups is 6. The molecule has 3 N–H and O–H groups in total. The van der Waals surface area contributed by atoms with Gasteiger partial charge < -0.3 is 25.2 Å². The molecular weight excluding hydrogens is 646 g/mol. The number of piperidine rings is 1. The van der Waals surface area contributed by atoms with E-state index < -0.39 is 35.3 Å². The van der Waals surface area contributed by atoms with E-state index in [0.29, 0.717) is 43.2 Å². The Labute approximate surface area is 288 Å². The summed E-state index contributed by atoms with van der Waals surface area (Å²) in [7, 11) is 0. The van der Waals surface area contributed by atoms with Gasteiger partial charge in [0.05, 0.1) is 30.4 Å². The van der Waals surface area contributed by atoms with Crippen molar-refractivity contribution in [2.45, 2.75) is 64.8 Å². The minimum absolute atomic E-state index is 0.0400. The summed E-state index contributed by atoms with van der Waals surface area (Å²) in [6.07, 6.45) is 1.65. The average Bonchev–Trinajstić information content (AvgIpc) is 3.64. The number of hydrogen-bond acceptors (Lipinski definition) is 11. The lowest BCUT2D eigenvalue weighted by Crippen LogP contribution is -2.54. The summed E-state index contributed by atoms with van der Waals surface area (Å²) in [6.45, 7) is 8.50. The Balaban J connectivity index is 0.964. The minimum atomic E-state index is -1.05. The molecule has 0 spiro atoms. The number of piperazine rings is 1. The van der Waals surface area contributed by atoms with Crippen molar-refractivity contribution in [3.8, 4) is 0 Å². The highest BCUT2D eigenvalue weighted by Crippen LogP contribution is 2.32. The highest BCUT2D eigenvalue weighted by atomic mass is 16.6. The van der Waals surface area contributed by atoms with Gasteiger partial charge in [0.15, 0.2) is 0 Å². The van der Waals surface area contributed by atoms with E-state index in [9.17, 15) is 28.8 Å². The number of hydrogen-bond donors (Lipinski definition) is 3. The Morgan fingerprint density at radius 3 is 2.42 bits per heavy atom. The van der Waals surface area contributed by atoms with Gasteiger partial charge >= 0.3 is 6.09 Å². The van der Waals surface area contributed by atoms with Gasteiger partial charge in [0.2, 0.25) is 17.7 Å². The molecule has 16 nitrogen and oxygen atoms in total. The van der Waals surface area contributed by atoms with E-state index >= 15 is 0 Å². The second-order valence-corrected chi connectivity index (χ2v) is 13.3. The van der Waals surface area contributed by atoms with E-state index in [1.165, 1.54) is 6.07 Å². The Morgan fingerprint density at radius 1 is 0.980 bits per heavy atom. The smallest absolute Gasteiger partial charge is 0.410 e. The van der Waals surface area contributed by atoms with Gasteiger partial charge in [0.25, 0.3) is 11.8 Å². The Hall–Kier alpha value is -5.80. The first-order valence-electron chi connectivity index (χ1n) is 16.5. The molecule has 6 amide bonds. The molecular formula is C34H39N9O7. The van der Waals surface area contributed by atoms with Crippen molar-refractivity contribution in [2.24, 2.45) is 0 Å². The van der Waals surface area contributed by atoms with E-state index in [-0.39, 0.29) is 55.5 Å². The first-order valence-corrected chi connectivity index (χ1v) is 16.5. The van der Waals surface area contributed by atoms with Gasteiger partial charge in [-0.1, -0.05) is 11.3 Å². The lowest BCUT2D eigenvalue weighted by molar-refractivity contribution is -0.136. The van der Waals surface area contributed by atoms with E-state index in [4.69, 9.17) is 4.74 Å². The van der Waals surface area contributed by atoms with Gasteiger partial charge in [0.1, 0.15) is 17.3 Å². The zero-order valence-electron chi connectivity index (χ0n) is 28.1. The molecule has 0 aliphatic carbocycles. The molecule has 1 aromatic heterocycles. The third-order valence-corrected chi connectivity index (χ3v) is 8.53. The molecule has 3 aliphatic heterocycles. The molecule has 0 radical (unpaired) electrons. The molecule has 16 heteroatoms. The maximum absolute atomic E-state index is 13.3. The number of rotatable bonds is 9. The molecule has 2 aromatic carbocycles. The molecule has 3 aromatic rings. The highest BCUT2D eigenvalue weighted by molar-refractivity contribution is 6.25. The zero-order valence-corrected chi connectivity index (χ0v) is 28.1. The standard InChI is InChI=1S/C34H39N9O7/c1-34(2,3)50-33(49)41-17-15-40(16-18-41)23-9-7-21(8-10-23)36-28(45)13-14-42-20-22(38-39-42)19-35-25-6-4-5-24-29(25)32(48)43(31(24)47)26-11-12-27(44)37-30(26)46/h4-10,20,26,35H,11-19H2,1-3H3,(H,36,45)(H,37,44,46). The van der Waals surface area contributed by atoms with E-state index in [1.54, 1.807) is 27.9 Å². The second kappa shape index (κ2) is 14.0. The number of amides is 6. The van der Waals surface area contributed by atoms with Crippen LogP contribution in [0.4, 0.5) is 21.9 Å². The molecule has 2 fully saturated rings. The summed E-state index contributed by atoms with van der Waals surface area (Å²) in [5, 5.41) is 16.5. The molecule has 1 atom stereocenters. The summed E-state index contributed by atoms with van der Waals surface area (Å²) in [5.41, 5.74) is 2.40. The third kappa shape index (κ3) is 7.58. The van der Waals surface area contributed by atoms with Crippen LogP contribution >= 0.6 is 0 Å². The van der Waals surface area contributed by atoms with Crippen LogP contribution < -0.4 is 20.9 Å². The van der Waals surface area contributed by atoms with Gasteiger partial charge in [0, 0.05) is 56.1 Å². The molecule has 0 saturated carbocycles. The number of benzene rings is 2. The molecule has 50 heavy (non-hydrogen) atoms. The van der Waals surface area contributed by atoms with Crippen LogP contribution in [0.25, 0.3) is 0 Å². The number of nitrogens with one attached hydrogen (secondary N) is 3. The maximum Gasteiger partial charge on any atom is 0.410 e. The number of carbonyl (C=O) groups excluding carboxylic acids is 6. The largest absolute Gasteiger partial charge is 0.444 e. The summed E-state index contributed by atoms with van der Waals surface area (Å²) < 4.78 is 7.02.